The number of hydrogen-bond acceptors (Lipinski definition) is 4. The van der Waals surface area contributed by atoms with Crippen molar-refractivity contribution in [1.82, 2.24) is 9.80 Å². The lowest BCUT2D eigenvalue weighted by molar-refractivity contribution is 0.150. The molecule has 0 atom stereocenters. The summed E-state index contributed by atoms with van der Waals surface area (Å²) in [6.45, 7) is 6.61. The van der Waals surface area contributed by atoms with Gasteiger partial charge in [-0.05, 0) is 50.2 Å². The second-order valence-corrected chi connectivity index (χ2v) is 7.32. The molecule has 0 N–H and O–H groups in total. The molecular weight excluding hydrogens is 348 g/mol. The summed E-state index contributed by atoms with van der Waals surface area (Å²) in [6, 6.07) is 16.3. The van der Waals surface area contributed by atoms with E-state index in [4.69, 9.17) is 9.47 Å². The predicted octanol–water partition coefficient (Wildman–Crippen LogP) is 4.27. The normalized spacial score (nSPS) is 15.8. The Balaban J connectivity index is 1.52. The number of nitrogens with zero attached hydrogens (tertiary/aromatic N) is 2. The number of benzene rings is 2. The molecule has 2 aromatic carbocycles. The number of ether oxygens (including phenoxy) is 2. The van der Waals surface area contributed by atoms with Gasteiger partial charge in [-0.15, -0.1) is 0 Å². The summed E-state index contributed by atoms with van der Waals surface area (Å²) in [5.41, 5.74) is 2.15. The van der Waals surface area contributed by atoms with Crippen LogP contribution >= 0.6 is 0 Å². The van der Waals surface area contributed by atoms with Gasteiger partial charge in [0, 0.05) is 26.2 Å². The van der Waals surface area contributed by atoms with Crippen molar-refractivity contribution in [2.45, 2.75) is 12.8 Å². The van der Waals surface area contributed by atoms with Gasteiger partial charge in [0.05, 0.1) is 19.3 Å². The molecule has 0 amide bonds. The van der Waals surface area contributed by atoms with Crippen molar-refractivity contribution in [3.8, 4) is 11.5 Å². The highest BCUT2D eigenvalue weighted by atomic mass is 16.5. The molecule has 0 spiro atoms. The molecule has 1 aliphatic rings. The molecule has 0 saturated carbocycles. The summed E-state index contributed by atoms with van der Waals surface area (Å²) in [5, 5.41) is 0. The maximum atomic E-state index is 6.12. The van der Waals surface area contributed by atoms with E-state index in [1.165, 1.54) is 32.6 Å². The van der Waals surface area contributed by atoms with E-state index in [1.54, 1.807) is 7.11 Å². The molecule has 3 rings (SSSR count). The summed E-state index contributed by atoms with van der Waals surface area (Å²) < 4.78 is 11.7. The summed E-state index contributed by atoms with van der Waals surface area (Å²) in [4.78, 5) is 4.95. The molecule has 150 valence electrons. The smallest absolute Gasteiger partial charge is 0.130 e. The van der Waals surface area contributed by atoms with Gasteiger partial charge in [-0.25, -0.2) is 0 Å². The molecule has 4 heteroatoms. The van der Waals surface area contributed by atoms with Crippen LogP contribution in [0, 0.1) is 0 Å². The molecule has 0 aromatic heterocycles. The van der Waals surface area contributed by atoms with Crippen molar-refractivity contribution in [1.29, 1.82) is 0 Å². The number of methoxy groups -OCH3 is 1. The first-order chi connectivity index (χ1) is 13.8. The molecule has 1 fully saturated rings. The van der Waals surface area contributed by atoms with Gasteiger partial charge in [0.1, 0.15) is 11.5 Å². The highest BCUT2D eigenvalue weighted by Crippen LogP contribution is 2.30. The lowest BCUT2D eigenvalue weighted by Crippen LogP contribution is -2.44. The Bertz CT molecular complexity index is 738. The van der Waals surface area contributed by atoms with Crippen molar-refractivity contribution in [3.05, 3.63) is 59.7 Å². The van der Waals surface area contributed by atoms with Gasteiger partial charge in [0.15, 0.2) is 0 Å². The van der Waals surface area contributed by atoms with Crippen LogP contribution in [0.5, 0.6) is 11.5 Å². The first-order valence-corrected chi connectivity index (χ1v) is 10.2. The zero-order valence-electron chi connectivity index (χ0n) is 17.1. The van der Waals surface area contributed by atoms with E-state index in [9.17, 15) is 0 Å². The molecule has 1 aliphatic heterocycles. The van der Waals surface area contributed by atoms with Gasteiger partial charge in [0.25, 0.3) is 0 Å². The van der Waals surface area contributed by atoms with E-state index in [-0.39, 0.29) is 0 Å². The average molecular weight is 381 g/mol. The fraction of sp³-hybridized carbons (Fsp3) is 0.417. The van der Waals surface area contributed by atoms with Crippen LogP contribution in [0.15, 0.2) is 48.5 Å². The van der Waals surface area contributed by atoms with Gasteiger partial charge in [0.2, 0.25) is 0 Å². The van der Waals surface area contributed by atoms with Crippen molar-refractivity contribution < 1.29 is 9.47 Å². The van der Waals surface area contributed by atoms with Gasteiger partial charge in [-0.3, -0.25) is 0 Å². The molecule has 1 heterocycles. The molecule has 0 unspecified atom stereocenters. The van der Waals surface area contributed by atoms with E-state index in [2.05, 4.69) is 41.1 Å². The molecular formula is C24H32N2O2. The fourth-order valence-corrected chi connectivity index (χ4v) is 3.43. The highest BCUT2D eigenvalue weighted by molar-refractivity contribution is 5.75. The minimum Gasteiger partial charge on any atom is -0.496 e. The number of unbranched alkanes of at least 4 members (excludes halogenated alkanes) is 1. The van der Waals surface area contributed by atoms with E-state index in [1.807, 2.05) is 36.4 Å². The zero-order valence-corrected chi connectivity index (χ0v) is 17.1. The Morgan fingerprint density at radius 1 is 0.857 bits per heavy atom. The molecule has 0 aliphatic carbocycles. The Morgan fingerprint density at radius 3 is 2.36 bits per heavy atom. The lowest BCUT2D eigenvalue weighted by atomic mass is 10.1. The number of piperazine rings is 1. The topological polar surface area (TPSA) is 24.9 Å². The second kappa shape index (κ2) is 10.9. The quantitative estimate of drug-likeness (QED) is 0.479. The SMILES string of the molecule is COc1cccc(OCCCCN2CCN(C)CC2)c1/C=C/c1ccccc1. The van der Waals surface area contributed by atoms with Crippen LogP contribution in [0.3, 0.4) is 0 Å². The highest BCUT2D eigenvalue weighted by Gasteiger charge is 2.13. The Morgan fingerprint density at radius 2 is 1.61 bits per heavy atom. The van der Waals surface area contributed by atoms with Crippen LogP contribution in [-0.2, 0) is 0 Å². The van der Waals surface area contributed by atoms with Crippen molar-refractivity contribution in [2.24, 2.45) is 0 Å². The molecule has 4 nitrogen and oxygen atoms in total. The first-order valence-electron chi connectivity index (χ1n) is 10.2. The third kappa shape index (κ3) is 6.11. The van der Waals surface area contributed by atoms with E-state index in [0.29, 0.717) is 0 Å². The largest absolute Gasteiger partial charge is 0.496 e. The summed E-state index contributed by atoms with van der Waals surface area (Å²) >= 11 is 0. The third-order valence-electron chi connectivity index (χ3n) is 5.21. The summed E-state index contributed by atoms with van der Waals surface area (Å²) in [7, 11) is 3.90. The van der Waals surface area contributed by atoms with Crippen LogP contribution in [0.1, 0.15) is 24.0 Å². The fourth-order valence-electron chi connectivity index (χ4n) is 3.43. The van der Waals surface area contributed by atoms with Gasteiger partial charge in [-0.2, -0.15) is 0 Å². The average Bonchev–Trinajstić information content (AvgIpc) is 2.74. The maximum Gasteiger partial charge on any atom is 0.130 e. The summed E-state index contributed by atoms with van der Waals surface area (Å²) in [5.74, 6) is 1.72. The predicted molar refractivity (Wildman–Crippen MR) is 117 cm³/mol. The van der Waals surface area contributed by atoms with Crippen LogP contribution in [0.2, 0.25) is 0 Å². The van der Waals surface area contributed by atoms with Crippen LogP contribution < -0.4 is 9.47 Å². The second-order valence-electron chi connectivity index (χ2n) is 7.32. The van der Waals surface area contributed by atoms with Crippen molar-refractivity contribution in [2.75, 3.05) is 53.5 Å². The minimum atomic E-state index is 0.729. The number of hydrogen-bond donors (Lipinski definition) is 0. The van der Waals surface area contributed by atoms with Crippen molar-refractivity contribution >= 4 is 12.2 Å². The maximum absolute atomic E-state index is 6.12. The third-order valence-corrected chi connectivity index (χ3v) is 5.21. The molecule has 0 bridgehead atoms. The van der Waals surface area contributed by atoms with E-state index >= 15 is 0 Å². The Labute approximate surface area is 169 Å². The monoisotopic (exact) mass is 380 g/mol. The van der Waals surface area contributed by atoms with Crippen LogP contribution in [0.4, 0.5) is 0 Å². The van der Waals surface area contributed by atoms with E-state index < -0.39 is 0 Å². The zero-order chi connectivity index (χ0) is 19.6. The van der Waals surface area contributed by atoms with Gasteiger partial charge in [-0.1, -0.05) is 42.5 Å². The Kier molecular flexibility index (Phi) is 7.94. The van der Waals surface area contributed by atoms with Crippen LogP contribution in [-0.4, -0.2) is 63.3 Å². The molecule has 1 saturated heterocycles. The minimum absolute atomic E-state index is 0.729. The van der Waals surface area contributed by atoms with Gasteiger partial charge >= 0.3 is 0 Å². The van der Waals surface area contributed by atoms with E-state index in [0.717, 1.165) is 42.2 Å². The standard InChI is InChI=1S/C24H32N2O2/c1-25-16-18-26(19-17-25)15-6-7-20-28-24-12-8-11-23(27-2)22(24)14-13-21-9-4-3-5-10-21/h3-5,8-14H,6-7,15-20H2,1-2H3/b14-13+. The number of rotatable bonds is 9. The molecule has 0 radical (unpaired) electrons. The molecule has 2 aromatic rings. The number of likely N-dealkylation sites (N-methyl/N-ethyl adjacent to an activating group) is 1. The van der Waals surface area contributed by atoms with Crippen molar-refractivity contribution in [3.63, 3.8) is 0 Å². The Hall–Kier alpha value is -2.30. The lowest BCUT2D eigenvalue weighted by Gasteiger charge is -2.32. The summed E-state index contributed by atoms with van der Waals surface area (Å²) in [6.07, 6.45) is 6.40. The van der Waals surface area contributed by atoms with Crippen LogP contribution in [0.25, 0.3) is 12.2 Å². The molecule has 28 heavy (non-hydrogen) atoms. The first kappa shape index (κ1) is 20.4. The van der Waals surface area contributed by atoms with Gasteiger partial charge < -0.3 is 19.3 Å².